The molecule has 9 aromatic rings. The molecule has 0 fully saturated rings. The molecule has 0 atom stereocenters. The molecule has 0 saturated carbocycles. The molecular weight excluding hydrogens is 1040 g/mol. The van der Waals surface area contributed by atoms with E-state index in [2.05, 4.69) is 274 Å². The van der Waals surface area contributed by atoms with Gasteiger partial charge in [0.2, 0.25) is 0 Å². The molecular formula is C71H70Br2N2. The summed E-state index contributed by atoms with van der Waals surface area (Å²) in [6.07, 6.45) is 17.6. The first-order chi connectivity index (χ1) is 37.0. The minimum absolute atomic E-state index is 0.129. The normalized spacial score (nSPS) is 12.3. The Hall–Kier alpha value is -6.46. The van der Waals surface area contributed by atoms with Gasteiger partial charge in [0.05, 0.1) is 11.4 Å². The minimum atomic E-state index is -0.129. The molecule has 0 saturated heterocycles. The average molecular weight is 1110 g/mol. The highest BCUT2D eigenvalue weighted by molar-refractivity contribution is 9.10. The monoisotopic (exact) mass is 1110 g/mol. The number of para-hydroxylation sites is 2. The zero-order chi connectivity index (χ0) is 51.4. The summed E-state index contributed by atoms with van der Waals surface area (Å²) >= 11 is 7.46. The van der Waals surface area contributed by atoms with Gasteiger partial charge in [-0.15, -0.1) is 0 Å². The predicted octanol–water partition coefficient (Wildman–Crippen LogP) is 22.9. The van der Waals surface area contributed by atoms with E-state index in [1.807, 2.05) is 0 Å². The maximum absolute atomic E-state index is 3.76. The summed E-state index contributed by atoms with van der Waals surface area (Å²) in [7, 11) is 0. The number of benzene rings is 9. The fraction of sp³-hybridized carbons (Fsp3) is 0.239. The third-order valence-corrected chi connectivity index (χ3v) is 16.7. The van der Waals surface area contributed by atoms with Crippen molar-refractivity contribution in [2.75, 3.05) is 9.80 Å². The molecule has 0 amide bonds. The minimum Gasteiger partial charge on any atom is -0.310 e. The molecule has 0 radical (unpaired) electrons. The largest absolute Gasteiger partial charge is 0.310 e. The first-order valence-electron chi connectivity index (χ1n) is 27.8. The van der Waals surface area contributed by atoms with Gasteiger partial charge in [0.1, 0.15) is 0 Å². The van der Waals surface area contributed by atoms with Gasteiger partial charge in [-0.2, -0.15) is 0 Å². The van der Waals surface area contributed by atoms with Gasteiger partial charge < -0.3 is 9.80 Å². The first-order valence-corrected chi connectivity index (χ1v) is 29.3. The number of halogens is 2. The topological polar surface area (TPSA) is 6.48 Å². The second-order valence-electron chi connectivity index (χ2n) is 20.5. The standard InChI is InChI=1S/C71H70Br2N2/c1-3-5-7-9-11-23-49-71(50-24-12-10-8-6-4-2)67-51-56(53-33-40-59(41-34-53)74(60-42-36-57(72)37-43-60)69-31-21-19-29-63(69)54-25-15-13-16-26-54)35-47-65(67)66-48-46-62(52-68(66)71)75(61-44-38-58(73)39-45-61)70-32-22-20-30-64(70)55-27-17-14-18-28-55/h13-22,25-48,51-52H,3-12,23-24,49-50H2,1-2H3. The van der Waals surface area contributed by atoms with Gasteiger partial charge in [-0.3, -0.25) is 0 Å². The number of nitrogens with zero attached hydrogens (tertiary/aromatic N) is 2. The van der Waals surface area contributed by atoms with Gasteiger partial charge in [-0.25, -0.2) is 0 Å². The highest BCUT2D eigenvalue weighted by atomic mass is 79.9. The van der Waals surface area contributed by atoms with Crippen molar-refractivity contribution < 1.29 is 0 Å². The molecule has 0 spiro atoms. The van der Waals surface area contributed by atoms with E-state index in [-0.39, 0.29) is 5.41 Å². The van der Waals surface area contributed by atoms with Crippen molar-refractivity contribution >= 4 is 66.0 Å². The summed E-state index contributed by atoms with van der Waals surface area (Å²) in [5.41, 5.74) is 19.9. The van der Waals surface area contributed by atoms with Crippen molar-refractivity contribution in [3.63, 3.8) is 0 Å². The highest BCUT2D eigenvalue weighted by Gasteiger charge is 2.43. The molecule has 10 rings (SSSR count). The van der Waals surface area contributed by atoms with Crippen molar-refractivity contribution in [1.82, 2.24) is 0 Å². The summed E-state index contributed by atoms with van der Waals surface area (Å²) in [6.45, 7) is 4.65. The lowest BCUT2D eigenvalue weighted by atomic mass is 9.70. The average Bonchev–Trinajstić information content (AvgIpc) is 3.74. The predicted molar refractivity (Wildman–Crippen MR) is 330 cm³/mol. The quantitative estimate of drug-likeness (QED) is 0.0589. The Kier molecular flexibility index (Phi) is 17.3. The van der Waals surface area contributed by atoms with Crippen LogP contribution in [0.3, 0.4) is 0 Å². The fourth-order valence-corrected chi connectivity index (χ4v) is 12.3. The lowest BCUT2D eigenvalue weighted by molar-refractivity contribution is 0.398. The molecule has 2 nitrogen and oxygen atoms in total. The van der Waals surface area contributed by atoms with Crippen molar-refractivity contribution in [1.29, 1.82) is 0 Å². The van der Waals surface area contributed by atoms with Gasteiger partial charge >= 0.3 is 0 Å². The maximum atomic E-state index is 3.76. The van der Waals surface area contributed by atoms with Crippen LogP contribution in [-0.2, 0) is 5.41 Å². The van der Waals surface area contributed by atoms with Crippen molar-refractivity contribution in [2.24, 2.45) is 0 Å². The molecule has 378 valence electrons. The van der Waals surface area contributed by atoms with E-state index in [0.29, 0.717) is 0 Å². The summed E-state index contributed by atoms with van der Waals surface area (Å²) < 4.78 is 2.14. The Morgan fingerprint density at radius 1 is 0.307 bits per heavy atom. The van der Waals surface area contributed by atoms with E-state index >= 15 is 0 Å². The number of unbranched alkanes of at least 4 members (excludes halogenated alkanes) is 10. The smallest absolute Gasteiger partial charge is 0.0540 e. The van der Waals surface area contributed by atoms with Crippen LogP contribution in [-0.4, -0.2) is 0 Å². The second-order valence-corrected chi connectivity index (χ2v) is 22.4. The van der Waals surface area contributed by atoms with Gasteiger partial charge in [0.25, 0.3) is 0 Å². The van der Waals surface area contributed by atoms with Crippen LogP contribution >= 0.6 is 31.9 Å². The van der Waals surface area contributed by atoms with E-state index in [4.69, 9.17) is 0 Å². The van der Waals surface area contributed by atoms with Crippen molar-refractivity contribution in [3.05, 3.63) is 238 Å². The lowest BCUT2D eigenvalue weighted by Crippen LogP contribution is -2.26. The molecule has 0 heterocycles. The summed E-state index contributed by atoms with van der Waals surface area (Å²) in [6, 6.07) is 81.1. The molecule has 0 N–H and O–H groups in total. The Morgan fingerprint density at radius 2 is 0.680 bits per heavy atom. The van der Waals surface area contributed by atoms with Gasteiger partial charge in [0, 0.05) is 48.2 Å². The lowest BCUT2D eigenvalue weighted by Gasteiger charge is -2.35. The molecule has 75 heavy (non-hydrogen) atoms. The Balaban J connectivity index is 1.09. The third-order valence-electron chi connectivity index (χ3n) is 15.6. The summed E-state index contributed by atoms with van der Waals surface area (Å²) in [5.74, 6) is 0. The maximum Gasteiger partial charge on any atom is 0.0540 e. The van der Waals surface area contributed by atoms with Crippen LogP contribution in [0.25, 0.3) is 44.5 Å². The van der Waals surface area contributed by atoms with Crippen LogP contribution in [0, 0.1) is 0 Å². The molecule has 1 aliphatic carbocycles. The fourth-order valence-electron chi connectivity index (χ4n) is 11.8. The Bertz CT molecular complexity index is 3240. The Morgan fingerprint density at radius 3 is 1.17 bits per heavy atom. The molecule has 0 unspecified atom stereocenters. The SMILES string of the molecule is CCCCCCCCC1(CCCCCCCC)c2cc(-c3ccc(N(c4ccc(Br)cc4)c4ccccc4-c4ccccc4)cc3)ccc2-c2ccc(N(c3ccc(Br)cc3)c3ccccc3-c3ccccc3)cc21. The molecule has 0 bridgehead atoms. The Labute approximate surface area is 464 Å². The van der Waals surface area contributed by atoms with E-state index in [1.54, 1.807) is 0 Å². The molecule has 9 aromatic carbocycles. The summed E-state index contributed by atoms with van der Waals surface area (Å²) in [4.78, 5) is 4.90. The van der Waals surface area contributed by atoms with E-state index in [9.17, 15) is 0 Å². The number of fused-ring (bicyclic) bond motifs is 3. The number of anilines is 6. The van der Waals surface area contributed by atoms with Crippen molar-refractivity contribution in [3.8, 4) is 44.5 Å². The molecule has 0 aliphatic heterocycles. The van der Waals surface area contributed by atoms with Crippen LogP contribution in [0.2, 0.25) is 0 Å². The molecule has 0 aromatic heterocycles. The number of hydrogen-bond acceptors (Lipinski definition) is 2. The van der Waals surface area contributed by atoms with Crippen LogP contribution in [0.15, 0.2) is 227 Å². The number of hydrogen-bond donors (Lipinski definition) is 0. The second kappa shape index (κ2) is 24.9. The third kappa shape index (κ3) is 11.7. The zero-order valence-corrected chi connectivity index (χ0v) is 47.0. The van der Waals surface area contributed by atoms with Crippen LogP contribution in [0.5, 0.6) is 0 Å². The highest BCUT2D eigenvalue weighted by Crippen LogP contribution is 2.57. The molecule has 1 aliphatic rings. The van der Waals surface area contributed by atoms with Crippen molar-refractivity contribution in [2.45, 2.75) is 109 Å². The van der Waals surface area contributed by atoms with E-state index in [1.165, 1.54) is 144 Å². The van der Waals surface area contributed by atoms with Crippen LogP contribution in [0.4, 0.5) is 34.1 Å². The molecule has 4 heteroatoms. The first kappa shape index (κ1) is 52.0. The van der Waals surface area contributed by atoms with Gasteiger partial charge in [0.15, 0.2) is 0 Å². The van der Waals surface area contributed by atoms with Gasteiger partial charge in [-0.05, 0) is 148 Å². The van der Waals surface area contributed by atoms with Crippen LogP contribution < -0.4 is 9.80 Å². The zero-order valence-electron chi connectivity index (χ0n) is 43.8. The van der Waals surface area contributed by atoms with E-state index in [0.717, 1.165) is 44.5 Å². The van der Waals surface area contributed by atoms with E-state index < -0.39 is 0 Å². The van der Waals surface area contributed by atoms with Gasteiger partial charge in [-0.1, -0.05) is 250 Å². The van der Waals surface area contributed by atoms with Crippen LogP contribution in [0.1, 0.15) is 115 Å². The number of rotatable bonds is 23. The summed E-state index contributed by atoms with van der Waals surface area (Å²) in [5, 5.41) is 0.